The predicted octanol–water partition coefficient (Wildman–Crippen LogP) is 4.10. The van der Waals surface area contributed by atoms with Crippen molar-refractivity contribution in [3.05, 3.63) is 74.6 Å². The summed E-state index contributed by atoms with van der Waals surface area (Å²) >= 11 is -0.0108. The molecule has 4 rings (SSSR count). The number of benzene rings is 2. The van der Waals surface area contributed by atoms with Gasteiger partial charge in [0, 0.05) is 0 Å². The van der Waals surface area contributed by atoms with Crippen LogP contribution in [0.2, 0.25) is 9.91 Å². The first kappa shape index (κ1) is 20.2. The fraction of sp³-hybridized carbons (Fsp3) is 0.375. The van der Waals surface area contributed by atoms with Crippen LogP contribution in [0.1, 0.15) is 47.8 Å². The van der Waals surface area contributed by atoms with Crippen LogP contribution in [0.4, 0.5) is 0 Å². The third-order valence-corrected chi connectivity index (χ3v) is 9.01. The molecule has 3 N–H and O–H groups in total. The Bertz CT molecular complexity index is 1070. The number of phenols is 1. The van der Waals surface area contributed by atoms with Crippen LogP contribution in [-0.2, 0) is 25.7 Å². The molecule has 1 aromatic heterocycles. The van der Waals surface area contributed by atoms with E-state index in [0.29, 0.717) is 15.6 Å². The molecule has 4 nitrogen and oxygen atoms in total. The van der Waals surface area contributed by atoms with Crippen molar-refractivity contribution >= 4 is 26.7 Å². The number of rotatable bonds is 6. The number of H-pyrrole nitrogens is 1. The summed E-state index contributed by atoms with van der Waals surface area (Å²) in [6.45, 7) is 4.45. The van der Waals surface area contributed by atoms with E-state index in [2.05, 4.69) is 31.0 Å². The average Bonchev–Trinajstić information content (AvgIpc) is 3.13. The first-order valence-electron chi connectivity index (χ1n) is 10.3. The van der Waals surface area contributed by atoms with Crippen molar-refractivity contribution < 1.29 is 10.2 Å². The van der Waals surface area contributed by atoms with E-state index in [4.69, 9.17) is 0 Å². The van der Waals surface area contributed by atoms with E-state index in [1.165, 1.54) is 28.3 Å². The molecule has 5 heteroatoms. The normalized spacial score (nSPS) is 15.4. The van der Waals surface area contributed by atoms with Gasteiger partial charge < -0.3 is 0 Å². The van der Waals surface area contributed by atoms with E-state index in [-0.39, 0.29) is 27.1 Å². The number of aliphatic hydroxyl groups excluding tert-OH is 1. The molecule has 0 aliphatic heterocycles. The molecule has 0 fully saturated rings. The topological polar surface area (TPSA) is 73.3 Å². The molecular weight excluding hydrogens is 425 g/mol. The van der Waals surface area contributed by atoms with E-state index >= 15 is 0 Å². The molecule has 151 valence electrons. The number of aromatic nitrogens is 1. The molecule has 0 saturated carbocycles. The van der Waals surface area contributed by atoms with Gasteiger partial charge in [0.2, 0.25) is 0 Å². The van der Waals surface area contributed by atoms with Gasteiger partial charge in [0.05, 0.1) is 0 Å². The maximum absolute atomic E-state index is 11.6. The van der Waals surface area contributed by atoms with Crippen molar-refractivity contribution in [2.24, 2.45) is 0 Å². The standard InChI is InChI=1S/C24H27AsNO3/c1-3-14-9-16-11-18(12-17(16)10-15(14)4-2)25-13-22(28)19-5-7-21(27)24-20(19)6-8-23(29)26-24/h5-10,18,22,27-28H,3-4,11-13H2,1-2H3,(H,26,29)/t22-/m0/s1. The van der Waals surface area contributed by atoms with Crippen molar-refractivity contribution in [2.75, 3.05) is 0 Å². The second-order valence-corrected chi connectivity index (χ2v) is 10.9. The summed E-state index contributed by atoms with van der Waals surface area (Å²) in [6, 6.07) is 11.3. The Morgan fingerprint density at radius 1 is 1.07 bits per heavy atom. The maximum atomic E-state index is 11.6. The fourth-order valence-corrected chi connectivity index (χ4v) is 7.26. The van der Waals surface area contributed by atoms with Crippen molar-refractivity contribution in [1.29, 1.82) is 0 Å². The van der Waals surface area contributed by atoms with Crippen LogP contribution >= 0.6 is 0 Å². The number of nitrogens with one attached hydrogen (secondary N) is 1. The summed E-state index contributed by atoms with van der Waals surface area (Å²) < 4.78 is 0.649. The SMILES string of the molecule is CCc1cc2c(cc1CC)CC([As]C[C@H](O)c1ccc(O)c3[nH]c(=O)ccc13)C2. The molecule has 3 aromatic rings. The van der Waals surface area contributed by atoms with E-state index in [1.54, 1.807) is 18.2 Å². The van der Waals surface area contributed by atoms with Crippen molar-refractivity contribution in [2.45, 2.75) is 55.5 Å². The van der Waals surface area contributed by atoms with Crippen LogP contribution in [0.5, 0.6) is 5.75 Å². The zero-order chi connectivity index (χ0) is 20.5. The molecule has 1 radical (unpaired) electrons. The summed E-state index contributed by atoms with van der Waals surface area (Å²) in [5, 5.41) is 22.4. The molecule has 1 heterocycles. The van der Waals surface area contributed by atoms with Crippen LogP contribution in [0.15, 0.2) is 41.2 Å². The molecule has 1 aliphatic carbocycles. The number of hydrogen-bond donors (Lipinski definition) is 3. The third-order valence-electron chi connectivity index (χ3n) is 6.00. The van der Waals surface area contributed by atoms with Crippen LogP contribution in [0, 0.1) is 0 Å². The zero-order valence-electron chi connectivity index (χ0n) is 16.9. The van der Waals surface area contributed by atoms with Crippen LogP contribution in [0.3, 0.4) is 0 Å². The molecule has 0 unspecified atom stereocenters. The Balaban J connectivity index is 1.48. The molecule has 1 aliphatic rings. The number of aromatic hydroxyl groups is 1. The number of fused-ring (bicyclic) bond motifs is 2. The average molecular weight is 452 g/mol. The minimum atomic E-state index is -0.579. The Labute approximate surface area is 177 Å². The first-order chi connectivity index (χ1) is 14.0. The summed E-state index contributed by atoms with van der Waals surface area (Å²) in [5.74, 6) is 0.0339. The Morgan fingerprint density at radius 2 is 1.72 bits per heavy atom. The molecule has 2 aromatic carbocycles. The van der Waals surface area contributed by atoms with Gasteiger partial charge >= 0.3 is 178 Å². The minimum absolute atomic E-state index is 0.0108. The van der Waals surface area contributed by atoms with Gasteiger partial charge in [-0.15, -0.1) is 0 Å². The van der Waals surface area contributed by atoms with E-state index in [9.17, 15) is 15.0 Å². The van der Waals surface area contributed by atoms with Crippen LogP contribution < -0.4 is 5.56 Å². The number of hydrogen-bond acceptors (Lipinski definition) is 3. The van der Waals surface area contributed by atoms with Crippen LogP contribution in [0.25, 0.3) is 10.9 Å². The summed E-state index contributed by atoms with van der Waals surface area (Å²) in [7, 11) is 0. The van der Waals surface area contributed by atoms with Crippen molar-refractivity contribution in [1.82, 2.24) is 4.98 Å². The van der Waals surface area contributed by atoms with Gasteiger partial charge in [0.15, 0.2) is 0 Å². The van der Waals surface area contributed by atoms with E-state index in [0.717, 1.165) is 36.5 Å². The quantitative estimate of drug-likeness (QED) is 0.493. The first-order valence-corrected chi connectivity index (χ1v) is 12.7. The number of aromatic amines is 1. The summed E-state index contributed by atoms with van der Waals surface area (Å²) in [6.07, 6.45) is 3.85. The molecule has 0 bridgehead atoms. The molecular formula is C24H27AsNO3. The Morgan fingerprint density at radius 3 is 2.34 bits per heavy atom. The second kappa shape index (κ2) is 8.37. The molecule has 1 atom stereocenters. The fourth-order valence-electron chi connectivity index (χ4n) is 4.44. The monoisotopic (exact) mass is 452 g/mol. The summed E-state index contributed by atoms with van der Waals surface area (Å²) in [5.41, 5.74) is 6.88. The zero-order valence-corrected chi connectivity index (χ0v) is 18.8. The number of aliphatic hydroxyl groups is 1. The molecule has 0 amide bonds. The van der Waals surface area contributed by atoms with Gasteiger partial charge in [0.1, 0.15) is 0 Å². The number of aryl methyl sites for hydroxylation is 2. The number of pyridine rings is 1. The summed E-state index contributed by atoms with van der Waals surface area (Å²) in [4.78, 5) is 14.3. The third kappa shape index (κ3) is 4.01. The van der Waals surface area contributed by atoms with E-state index in [1.807, 2.05) is 0 Å². The second-order valence-electron chi connectivity index (χ2n) is 7.82. The van der Waals surface area contributed by atoms with Gasteiger partial charge in [0.25, 0.3) is 0 Å². The van der Waals surface area contributed by atoms with Gasteiger partial charge in [-0.05, 0) is 0 Å². The predicted molar refractivity (Wildman–Crippen MR) is 118 cm³/mol. The van der Waals surface area contributed by atoms with Gasteiger partial charge in [-0.3, -0.25) is 0 Å². The van der Waals surface area contributed by atoms with Crippen LogP contribution in [-0.4, -0.2) is 30.9 Å². The van der Waals surface area contributed by atoms with Gasteiger partial charge in [-0.25, -0.2) is 0 Å². The Kier molecular flexibility index (Phi) is 5.85. The van der Waals surface area contributed by atoms with Gasteiger partial charge in [-0.2, -0.15) is 0 Å². The van der Waals surface area contributed by atoms with E-state index < -0.39 is 6.10 Å². The van der Waals surface area contributed by atoms with Crippen molar-refractivity contribution in [3.63, 3.8) is 0 Å². The molecule has 29 heavy (non-hydrogen) atoms. The van der Waals surface area contributed by atoms with Crippen molar-refractivity contribution in [3.8, 4) is 5.75 Å². The molecule has 0 spiro atoms. The Hall–Kier alpha value is -2.03. The number of phenolic OH excluding ortho intramolecular Hbond substituents is 1. The molecule has 0 saturated heterocycles. The van der Waals surface area contributed by atoms with Gasteiger partial charge in [-0.1, -0.05) is 0 Å².